The van der Waals surface area contributed by atoms with E-state index < -0.39 is 12.0 Å². The van der Waals surface area contributed by atoms with Crippen molar-refractivity contribution < 1.29 is 14.7 Å². The lowest BCUT2D eigenvalue weighted by molar-refractivity contribution is 0.102. The zero-order chi connectivity index (χ0) is 21.3. The van der Waals surface area contributed by atoms with E-state index in [0.717, 1.165) is 10.5 Å². The second kappa shape index (κ2) is 7.43. The lowest BCUT2D eigenvalue weighted by atomic mass is 9.85. The van der Waals surface area contributed by atoms with Crippen LogP contribution in [0.4, 0.5) is 16.2 Å². The molecule has 3 rings (SSSR count). The SMILES string of the molecule is CN(C(=O)O)c1cc(NC(=O)c2c[nH]c3ccccc3c2=O)ccc1C(C)(C)C. The van der Waals surface area contributed by atoms with Gasteiger partial charge in [-0.1, -0.05) is 39.0 Å². The molecule has 7 heteroatoms. The number of hydrogen-bond donors (Lipinski definition) is 3. The summed E-state index contributed by atoms with van der Waals surface area (Å²) < 4.78 is 0. The van der Waals surface area contributed by atoms with E-state index in [0.29, 0.717) is 22.3 Å². The van der Waals surface area contributed by atoms with Gasteiger partial charge in [0.25, 0.3) is 5.91 Å². The number of aromatic nitrogens is 1. The van der Waals surface area contributed by atoms with Gasteiger partial charge in [0.15, 0.2) is 0 Å². The molecule has 0 unspecified atom stereocenters. The smallest absolute Gasteiger partial charge is 0.411 e. The Morgan fingerprint density at radius 1 is 1.10 bits per heavy atom. The van der Waals surface area contributed by atoms with E-state index in [9.17, 15) is 19.5 Å². The number of nitrogens with one attached hydrogen (secondary N) is 2. The Morgan fingerprint density at radius 2 is 1.79 bits per heavy atom. The standard InChI is InChI=1S/C22H23N3O4/c1-22(2,3)16-10-9-13(11-18(16)25(4)21(28)29)24-20(27)15-12-23-17-8-6-5-7-14(17)19(15)26/h5-12H,1-4H3,(H,23,26)(H,24,27)(H,28,29). The van der Waals surface area contributed by atoms with Crippen molar-refractivity contribution in [3.8, 4) is 0 Å². The van der Waals surface area contributed by atoms with Gasteiger partial charge in [-0.05, 0) is 35.2 Å². The molecule has 0 spiro atoms. The number of amides is 2. The van der Waals surface area contributed by atoms with E-state index in [1.807, 2.05) is 20.8 Å². The molecule has 0 aliphatic carbocycles. The third-order valence-electron chi connectivity index (χ3n) is 4.74. The number of carboxylic acid groups (broad SMARTS) is 1. The second-order valence-electron chi connectivity index (χ2n) is 7.85. The number of aromatic amines is 1. The molecule has 2 aromatic carbocycles. The van der Waals surface area contributed by atoms with Gasteiger partial charge in [-0.15, -0.1) is 0 Å². The van der Waals surface area contributed by atoms with Crippen LogP contribution in [0.3, 0.4) is 0 Å². The molecule has 0 radical (unpaired) electrons. The molecule has 0 fully saturated rings. The van der Waals surface area contributed by atoms with E-state index in [1.54, 1.807) is 42.5 Å². The summed E-state index contributed by atoms with van der Waals surface area (Å²) in [4.78, 5) is 40.9. The maximum absolute atomic E-state index is 12.7. The Bertz CT molecular complexity index is 1160. The average molecular weight is 393 g/mol. The Labute approximate surface area is 168 Å². The number of carbonyl (C=O) groups excluding carboxylic acids is 1. The Morgan fingerprint density at radius 3 is 2.45 bits per heavy atom. The van der Waals surface area contributed by atoms with Crippen molar-refractivity contribution in [3.63, 3.8) is 0 Å². The number of anilines is 2. The van der Waals surface area contributed by atoms with Gasteiger partial charge in [0, 0.05) is 29.8 Å². The van der Waals surface area contributed by atoms with E-state index >= 15 is 0 Å². The summed E-state index contributed by atoms with van der Waals surface area (Å²) in [6.07, 6.45) is 0.276. The van der Waals surface area contributed by atoms with Crippen LogP contribution < -0.4 is 15.6 Å². The number of carbonyl (C=O) groups is 2. The number of nitrogens with zero attached hydrogens (tertiary/aromatic N) is 1. The molecule has 0 atom stereocenters. The molecule has 150 valence electrons. The Hall–Kier alpha value is -3.61. The van der Waals surface area contributed by atoms with Crippen LogP contribution in [0.2, 0.25) is 0 Å². The monoisotopic (exact) mass is 393 g/mol. The predicted octanol–water partition coefficient (Wildman–Crippen LogP) is 4.19. The van der Waals surface area contributed by atoms with Gasteiger partial charge < -0.3 is 15.4 Å². The van der Waals surface area contributed by atoms with Crippen LogP contribution in [0.25, 0.3) is 10.9 Å². The van der Waals surface area contributed by atoms with Crippen LogP contribution in [-0.2, 0) is 5.41 Å². The summed E-state index contributed by atoms with van der Waals surface area (Å²) in [7, 11) is 1.45. The minimum atomic E-state index is -1.11. The van der Waals surface area contributed by atoms with Crippen molar-refractivity contribution in [2.75, 3.05) is 17.3 Å². The maximum Gasteiger partial charge on any atom is 0.411 e. The number of fused-ring (bicyclic) bond motifs is 1. The summed E-state index contributed by atoms with van der Waals surface area (Å²) in [5.41, 5.74) is 1.66. The number of H-pyrrole nitrogens is 1. The molecule has 3 N–H and O–H groups in total. The molecular weight excluding hydrogens is 370 g/mol. The highest BCUT2D eigenvalue weighted by atomic mass is 16.4. The van der Waals surface area contributed by atoms with Crippen LogP contribution in [0.5, 0.6) is 0 Å². The first kappa shape index (κ1) is 20.1. The van der Waals surface area contributed by atoms with Crippen LogP contribution in [0.1, 0.15) is 36.7 Å². The zero-order valence-electron chi connectivity index (χ0n) is 16.7. The van der Waals surface area contributed by atoms with Crippen molar-refractivity contribution in [2.24, 2.45) is 0 Å². The minimum absolute atomic E-state index is 0.0169. The summed E-state index contributed by atoms with van der Waals surface area (Å²) in [6, 6.07) is 12.0. The largest absolute Gasteiger partial charge is 0.465 e. The first-order chi connectivity index (χ1) is 13.6. The summed E-state index contributed by atoms with van der Waals surface area (Å²) >= 11 is 0. The number of benzene rings is 2. The van der Waals surface area contributed by atoms with Gasteiger partial charge >= 0.3 is 6.09 Å². The van der Waals surface area contributed by atoms with Gasteiger partial charge in [0.1, 0.15) is 5.56 Å². The van der Waals surface area contributed by atoms with E-state index in [1.165, 1.54) is 13.2 Å². The fourth-order valence-electron chi connectivity index (χ4n) is 3.16. The zero-order valence-corrected chi connectivity index (χ0v) is 16.7. The van der Waals surface area contributed by atoms with Gasteiger partial charge in [-0.2, -0.15) is 0 Å². The average Bonchev–Trinajstić information content (AvgIpc) is 2.66. The Kier molecular flexibility index (Phi) is 5.16. The van der Waals surface area contributed by atoms with Crippen molar-refractivity contribution in [1.82, 2.24) is 4.98 Å². The van der Waals surface area contributed by atoms with E-state index in [-0.39, 0.29) is 16.4 Å². The number of para-hydroxylation sites is 1. The van der Waals surface area contributed by atoms with Crippen molar-refractivity contribution in [3.05, 3.63) is 70.0 Å². The third kappa shape index (κ3) is 3.99. The van der Waals surface area contributed by atoms with Crippen molar-refractivity contribution >= 4 is 34.3 Å². The minimum Gasteiger partial charge on any atom is -0.465 e. The fraction of sp³-hybridized carbons (Fsp3) is 0.227. The summed E-state index contributed by atoms with van der Waals surface area (Å²) in [6.45, 7) is 5.94. The molecule has 29 heavy (non-hydrogen) atoms. The van der Waals surface area contributed by atoms with Crippen molar-refractivity contribution in [2.45, 2.75) is 26.2 Å². The molecule has 1 heterocycles. The number of rotatable bonds is 3. The first-order valence-electron chi connectivity index (χ1n) is 9.12. The molecule has 7 nitrogen and oxygen atoms in total. The summed E-state index contributed by atoms with van der Waals surface area (Å²) in [5.74, 6) is -0.565. The summed E-state index contributed by atoms with van der Waals surface area (Å²) in [5, 5.41) is 12.5. The quantitative estimate of drug-likeness (QED) is 0.621. The molecule has 3 aromatic rings. The molecule has 0 saturated carbocycles. The van der Waals surface area contributed by atoms with E-state index in [4.69, 9.17) is 0 Å². The lowest BCUT2D eigenvalue weighted by Crippen LogP contribution is -2.28. The molecule has 2 amide bonds. The van der Waals surface area contributed by atoms with Gasteiger partial charge in [-0.25, -0.2) is 4.79 Å². The van der Waals surface area contributed by atoms with Crippen LogP contribution in [0.15, 0.2) is 53.5 Å². The Balaban J connectivity index is 1.99. The molecule has 0 saturated heterocycles. The van der Waals surface area contributed by atoms with Gasteiger partial charge in [0.05, 0.1) is 5.69 Å². The molecule has 0 bridgehead atoms. The number of hydrogen-bond acceptors (Lipinski definition) is 3. The molecule has 1 aromatic heterocycles. The predicted molar refractivity (Wildman–Crippen MR) is 114 cm³/mol. The van der Waals surface area contributed by atoms with Gasteiger partial charge in [0.2, 0.25) is 5.43 Å². The van der Waals surface area contributed by atoms with Crippen LogP contribution in [0, 0.1) is 0 Å². The maximum atomic E-state index is 12.7. The third-order valence-corrected chi connectivity index (χ3v) is 4.74. The van der Waals surface area contributed by atoms with Gasteiger partial charge in [-0.3, -0.25) is 14.5 Å². The topological polar surface area (TPSA) is 102 Å². The van der Waals surface area contributed by atoms with Crippen LogP contribution in [-0.4, -0.2) is 29.1 Å². The number of pyridine rings is 1. The first-order valence-corrected chi connectivity index (χ1v) is 9.12. The lowest BCUT2D eigenvalue weighted by Gasteiger charge is -2.27. The highest BCUT2D eigenvalue weighted by molar-refractivity contribution is 6.06. The van der Waals surface area contributed by atoms with Crippen molar-refractivity contribution in [1.29, 1.82) is 0 Å². The molecule has 0 aliphatic heterocycles. The molecular formula is C22H23N3O4. The molecule has 0 aliphatic rings. The highest BCUT2D eigenvalue weighted by Gasteiger charge is 2.23. The normalized spacial score (nSPS) is 11.3. The van der Waals surface area contributed by atoms with E-state index in [2.05, 4.69) is 10.3 Å². The fourth-order valence-corrected chi connectivity index (χ4v) is 3.16. The van der Waals surface area contributed by atoms with Crippen LogP contribution >= 0.6 is 0 Å². The second-order valence-corrected chi connectivity index (χ2v) is 7.85. The highest BCUT2D eigenvalue weighted by Crippen LogP contribution is 2.34.